The minimum absolute atomic E-state index is 0.165. The molecule has 8 heteroatoms. The molecule has 1 atom stereocenters. The maximum absolute atomic E-state index is 13.5. The summed E-state index contributed by atoms with van der Waals surface area (Å²) in [5.41, 5.74) is 0.686. The van der Waals surface area contributed by atoms with Crippen LogP contribution < -0.4 is 15.4 Å². The third-order valence-corrected chi connectivity index (χ3v) is 4.71. The number of carbonyl (C=O) groups is 2. The molecule has 0 fully saturated rings. The molecule has 0 radical (unpaired) electrons. The van der Waals surface area contributed by atoms with Crippen molar-refractivity contribution in [3.8, 4) is 5.75 Å². The van der Waals surface area contributed by atoms with Crippen LogP contribution in [0.5, 0.6) is 5.75 Å². The zero-order chi connectivity index (χ0) is 20.7. The monoisotopic (exact) mass is 454 g/mol. The van der Waals surface area contributed by atoms with E-state index in [2.05, 4.69) is 26.6 Å². The maximum atomic E-state index is 13.5. The summed E-state index contributed by atoms with van der Waals surface area (Å²) in [4.78, 5) is 24.0. The third-order valence-electron chi connectivity index (χ3n) is 4.10. The highest BCUT2D eigenvalue weighted by atomic mass is 79.9. The van der Waals surface area contributed by atoms with Gasteiger partial charge in [-0.15, -0.1) is 0 Å². The largest absolute Gasteiger partial charge is 0.496 e. The number of hydrogen-bond donors (Lipinski definition) is 2. The molecule has 0 aliphatic heterocycles. The molecule has 0 spiro atoms. The van der Waals surface area contributed by atoms with Gasteiger partial charge in [0.25, 0.3) is 5.91 Å². The van der Waals surface area contributed by atoms with Crippen LogP contribution in [0.15, 0.2) is 40.9 Å². The van der Waals surface area contributed by atoms with Gasteiger partial charge in [0.15, 0.2) is 0 Å². The van der Waals surface area contributed by atoms with Gasteiger partial charge in [-0.25, -0.2) is 8.78 Å². The molecule has 2 rings (SSSR count). The maximum Gasteiger partial charge on any atom is 0.254 e. The molecular formula is C20H21BrF2N2O3. The molecule has 0 bridgehead atoms. The highest BCUT2D eigenvalue weighted by molar-refractivity contribution is 9.10. The summed E-state index contributed by atoms with van der Waals surface area (Å²) in [6, 6.07) is 8.12. The van der Waals surface area contributed by atoms with Crippen molar-refractivity contribution in [2.75, 3.05) is 13.7 Å². The Morgan fingerprint density at radius 3 is 2.57 bits per heavy atom. The van der Waals surface area contributed by atoms with Gasteiger partial charge in [-0.1, -0.05) is 6.07 Å². The van der Waals surface area contributed by atoms with Gasteiger partial charge in [-0.3, -0.25) is 9.59 Å². The Hall–Kier alpha value is -2.48. The number of hydrogen-bond acceptors (Lipinski definition) is 3. The van der Waals surface area contributed by atoms with Crippen LogP contribution in [0.2, 0.25) is 0 Å². The second-order valence-corrected chi connectivity index (χ2v) is 7.02. The van der Waals surface area contributed by atoms with Crippen molar-refractivity contribution in [3.05, 3.63) is 63.6 Å². The Morgan fingerprint density at radius 1 is 1.18 bits per heavy atom. The summed E-state index contributed by atoms with van der Waals surface area (Å²) in [7, 11) is 1.58. The zero-order valence-corrected chi connectivity index (χ0v) is 17.1. The van der Waals surface area contributed by atoms with Crippen molar-refractivity contribution in [2.24, 2.45) is 0 Å². The summed E-state index contributed by atoms with van der Waals surface area (Å²) in [5.74, 6) is -1.77. The van der Waals surface area contributed by atoms with E-state index in [0.29, 0.717) is 18.2 Å². The van der Waals surface area contributed by atoms with Crippen LogP contribution >= 0.6 is 15.9 Å². The topological polar surface area (TPSA) is 67.4 Å². The summed E-state index contributed by atoms with van der Waals surface area (Å²) < 4.78 is 32.4. The fourth-order valence-electron chi connectivity index (χ4n) is 2.57. The van der Waals surface area contributed by atoms with Gasteiger partial charge >= 0.3 is 0 Å². The van der Waals surface area contributed by atoms with E-state index in [4.69, 9.17) is 4.74 Å². The van der Waals surface area contributed by atoms with E-state index >= 15 is 0 Å². The first-order valence-corrected chi connectivity index (χ1v) is 9.47. The second kappa shape index (κ2) is 10.2. The molecule has 150 valence electrons. The van der Waals surface area contributed by atoms with E-state index in [9.17, 15) is 18.4 Å². The van der Waals surface area contributed by atoms with Gasteiger partial charge in [0, 0.05) is 19.0 Å². The normalized spacial score (nSPS) is 11.6. The molecule has 2 aromatic carbocycles. The van der Waals surface area contributed by atoms with Crippen LogP contribution in [0.25, 0.3) is 0 Å². The van der Waals surface area contributed by atoms with Crippen LogP contribution in [0.3, 0.4) is 0 Å². The predicted molar refractivity (Wildman–Crippen MR) is 105 cm³/mol. The second-order valence-electron chi connectivity index (χ2n) is 6.17. The highest BCUT2D eigenvalue weighted by Gasteiger charge is 2.13. The molecular weight excluding hydrogens is 434 g/mol. The number of carbonyl (C=O) groups excluding carboxylic acids is 2. The Balaban J connectivity index is 1.76. The predicted octanol–water partition coefficient (Wildman–Crippen LogP) is 4.12. The highest BCUT2D eigenvalue weighted by Crippen LogP contribution is 2.28. The Bertz CT molecular complexity index is 861. The first-order chi connectivity index (χ1) is 13.3. The first-order valence-electron chi connectivity index (χ1n) is 8.68. The third kappa shape index (κ3) is 6.02. The van der Waals surface area contributed by atoms with Gasteiger partial charge in [0.2, 0.25) is 5.91 Å². The summed E-state index contributed by atoms with van der Waals surface area (Å²) in [6.45, 7) is 2.07. The lowest BCUT2D eigenvalue weighted by atomic mass is 10.1. The van der Waals surface area contributed by atoms with Gasteiger partial charge in [0.1, 0.15) is 17.4 Å². The fourth-order valence-corrected chi connectivity index (χ4v) is 3.13. The van der Waals surface area contributed by atoms with Crippen LogP contribution in [0, 0.1) is 11.6 Å². The Kier molecular flexibility index (Phi) is 7.92. The molecule has 0 saturated carbocycles. The standard InChI is InChI=1S/C20H21BrF2N2O3/c1-12(13-5-8-18(28-2)16(21)10-13)25-19(26)4-3-9-24-20(27)15-7-6-14(22)11-17(15)23/h5-8,10-12H,3-4,9H2,1-2H3,(H,24,27)(H,25,26). The summed E-state index contributed by atoms with van der Waals surface area (Å²) in [6.07, 6.45) is 0.591. The van der Waals surface area contributed by atoms with E-state index in [1.165, 1.54) is 0 Å². The number of amides is 2. The van der Waals surface area contributed by atoms with E-state index in [0.717, 1.165) is 22.2 Å². The van der Waals surface area contributed by atoms with Crippen molar-refractivity contribution in [1.29, 1.82) is 0 Å². The van der Waals surface area contributed by atoms with Crippen LogP contribution in [0.4, 0.5) is 8.78 Å². The molecule has 28 heavy (non-hydrogen) atoms. The van der Waals surface area contributed by atoms with Gasteiger partial charge in [-0.2, -0.15) is 0 Å². The minimum atomic E-state index is -0.922. The van der Waals surface area contributed by atoms with Gasteiger partial charge in [0.05, 0.1) is 23.2 Å². The molecule has 2 N–H and O–H groups in total. The lowest BCUT2D eigenvalue weighted by Crippen LogP contribution is -2.29. The molecule has 0 aliphatic rings. The van der Waals surface area contributed by atoms with E-state index < -0.39 is 17.5 Å². The van der Waals surface area contributed by atoms with Crippen LogP contribution in [-0.2, 0) is 4.79 Å². The van der Waals surface area contributed by atoms with E-state index in [1.54, 1.807) is 7.11 Å². The average Bonchev–Trinajstić information content (AvgIpc) is 2.64. The Labute approximate surface area is 170 Å². The van der Waals surface area contributed by atoms with Crippen molar-refractivity contribution < 1.29 is 23.1 Å². The van der Waals surface area contributed by atoms with Crippen molar-refractivity contribution in [2.45, 2.75) is 25.8 Å². The van der Waals surface area contributed by atoms with E-state index in [1.807, 2.05) is 25.1 Å². The molecule has 0 heterocycles. The number of halogens is 3. The molecule has 0 aromatic heterocycles. The average molecular weight is 455 g/mol. The molecule has 0 aliphatic carbocycles. The molecule has 0 saturated heterocycles. The van der Waals surface area contributed by atoms with Crippen LogP contribution in [-0.4, -0.2) is 25.5 Å². The van der Waals surface area contributed by atoms with Gasteiger partial charge < -0.3 is 15.4 Å². The lowest BCUT2D eigenvalue weighted by molar-refractivity contribution is -0.121. The van der Waals surface area contributed by atoms with Gasteiger partial charge in [-0.05, 0) is 59.1 Å². The molecule has 5 nitrogen and oxygen atoms in total. The SMILES string of the molecule is COc1ccc(C(C)NC(=O)CCCNC(=O)c2ccc(F)cc2F)cc1Br. The number of ether oxygens (including phenoxy) is 1. The fraction of sp³-hybridized carbons (Fsp3) is 0.300. The quantitative estimate of drug-likeness (QED) is 0.589. The van der Waals surface area contributed by atoms with Crippen molar-refractivity contribution >= 4 is 27.7 Å². The van der Waals surface area contributed by atoms with Crippen LogP contribution in [0.1, 0.15) is 41.7 Å². The number of rotatable bonds is 8. The lowest BCUT2D eigenvalue weighted by Gasteiger charge is -2.16. The van der Waals surface area contributed by atoms with E-state index in [-0.39, 0.29) is 30.5 Å². The molecule has 2 amide bonds. The van der Waals surface area contributed by atoms with Crippen molar-refractivity contribution in [3.63, 3.8) is 0 Å². The number of benzene rings is 2. The molecule has 1 unspecified atom stereocenters. The summed E-state index contributed by atoms with van der Waals surface area (Å²) in [5, 5.41) is 5.40. The Morgan fingerprint density at radius 2 is 1.93 bits per heavy atom. The van der Waals surface area contributed by atoms with Crippen molar-refractivity contribution in [1.82, 2.24) is 10.6 Å². The smallest absolute Gasteiger partial charge is 0.254 e. The summed E-state index contributed by atoms with van der Waals surface area (Å²) >= 11 is 3.41. The first kappa shape index (κ1) is 21.8. The zero-order valence-electron chi connectivity index (χ0n) is 15.5. The number of methoxy groups -OCH3 is 1. The minimum Gasteiger partial charge on any atom is -0.496 e. The number of nitrogens with one attached hydrogen (secondary N) is 2. The molecule has 2 aromatic rings.